The van der Waals surface area contributed by atoms with Crippen LogP contribution in [0.4, 0.5) is 5.69 Å². The summed E-state index contributed by atoms with van der Waals surface area (Å²) < 4.78 is 2.09. The summed E-state index contributed by atoms with van der Waals surface area (Å²) in [5.41, 5.74) is 2.60. The summed E-state index contributed by atoms with van der Waals surface area (Å²) >= 11 is 1.62. The number of carbonyl (C=O) groups excluding carboxylic acids is 2. The monoisotopic (exact) mass is 366 g/mol. The second kappa shape index (κ2) is 6.84. The van der Waals surface area contributed by atoms with Crippen molar-refractivity contribution < 1.29 is 9.59 Å². The minimum absolute atomic E-state index is 0.0000553. The number of amides is 1. The first-order valence-electron chi connectivity index (χ1n) is 8.36. The fraction of sp³-hybridized carbons (Fsp3) is 0.211. The molecule has 3 heterocycles. The molecule has 0 bridgehead atoms. The first-order valence-corrected chi connectivity index (χ1v) is 9.30. The number of anilines is 1. The maximum Gasteiger partial charge on any atom is 0.268 e. The number of pyridine rings is 1. The third kappa shape index (κ3) is 2.84. The maximum absolute atomic E-state index is 13.3. The van der Waals surface area contributed by atoms with Crippen LogP contribution in [0.15, 0.2) is 48.8 Å². The second-order valence-corrected chi connectivity index (χ2v) is 7.16. The number of hydrogen-bond acceptors (Lipinski definition) is 5. The van der Waals surface area contributed by atoms with E-state index in [0.29, 0.717) is 23.6 Å². The molecule has 0 saturated carbocycles. The predicted molar refractivity (Wildman–Crippen MR) is 104 cm³/mol. The number of nitrogens with zero attached hydrogens (tertiary/aromatic N) is 2. The van der Waals surface area contributed by atoms with Crippen LogP contribution in [0, 0.1) is 5.92 Å². The van der Waals surface area contributed by atoms with Gasteiger partial charge < -0.3 is 14.6 Å². The molecule has 3 aromatic rings. The fourth-order valence-electron chi connectivity index (χ4n) is 3.22. The zero-order chi connectivity index (χ0) is 18.1. The molecule has 1 aromatic carbocycles. The van der Waals surface area contributed by atoms with Gasteiger partial charge in [-0.2, -0.15) is 0 Å². The van der Waals surface area contributed by atoms with Gasteiger partial charge in [0, 0.05) is 36.4 Å². The maximum atomic E-state index is 13.3. The van der Waals surface area contributed by atoms with Crippen molar-refractivity contribution in [2.24, 2.45) is 5.92 Å². The molecule has 7 heteroatoms. The van der Waals surface area contributed by atoms with Gasteiger partial charge in [0.05, 0.1) is 23.4 Å². The number of Topliss-reactive ketones (excluding diaryl/α,β-unsaturated/α-hetero) is 1. The molecule has 1 fully saturated rings. The number of hydrogen-bond donors (Lipinski definition) is 2. The third-order valence-electron chi connectivity index (χ3n) is 4.53. The van der Waals surface area contributed by atoms with Crippen LogP contribution >= 0.6 is 11.9 Å². The second-order valence-electron chi connectivity index (χ2n) is 6.13. The molecule has 1 unspecified atom stereocenters. The van der Waals surface area contributed by atoms with Gasteiger partial charge in [-0.15, -0.1) is 0 Å². The molecule has 1 aliphatic heterocycles. The lowest BCUT2D eigenvalue weighted by Gasteiger charge is -2.16. The summed E-state index contributed by atoms with van der Waals surface area (Å²) in [7, 11) is 1.57. The molecule has 0 radical (unpaired) electrons. The zero-order valence-corrected chi connectivity index (χ0v) is 15.0. The highest BCUT2D eigenvalue weighted by molar-refractivity contribution is 8.00. The van der Waals surface area contributed by atoms with E-state index >= 15 is 0 Å². The van der Waals surface area contributed by atoms with Crippen LogP contribution in [-0.4, -0.2) is 41.0 Å². The van der Waals surface area contributed by atoms with Crippen molar-refractivity contribution in [2.45, 2.75) is 0 Å². The summed E-state index contributed by atoms with van der Waals surface area (Å²) in [5, 5.41) is 3.41. The number of carbonyl (C=O) groups is 2. The molecule has 1 amide bonds. The van der Waals surface area contributed by atoms with Gasteiger partial charge in [-0.1, -0.05) is 18.2 Å². The quantitative estimate of drug-likeness (QED) is 0.548. The van der Waals surface area contributed by atoms with Gasteiger partial charge in [0.25, 0.3) is 5.91 Å². The largest absolute Gasteiger partial charge is 0.354 e. The van der Waals surface area contributed by atoms with E-state index in [-0.39, 0.29) is 17.6 Å². The standard InChI is InChI=1S/C19H18N4O2S/c1-20-19(25)17-16(14-6-2-3-7-15(14)22-17)18(24)12-10-23(26-11-12)13-5-4-8-21-9-13/h2-9,12,22H,10-11H2,1H3,(H,20,25). The number of aromatic amines is 1. The average molecular weight is 366 g/mol. The lowest BCUT2D eigenvalue weighted by Crippen LogP contribution is -2.26. The Morgan fingerprint density at radius 2 is 2.12 bits per heavy atom. The Morgan fingerprint density at radius 1 is 1.27 bits per heavy atom. The molecule has 26 heavy (non-hydrogen) atoms. The van der Waals surface area contributed by atoms with Crippen molar-refractivity contribution >= 4 is 40.2 Å². The Labute approximate surface area is 155 Å². The Bertz CT molecular complexity index is 970. The molecule has 2 aromatic heterocycles. The van der Waals surface area contributed by atoms with Gasteiger partial charge in [0.15, 0.2) is 5.78 Å². The SMILES string of the molecule is CNC(=O)c1[nH]c2ccccc2c1C(=O)C1CSN(c2cccnc2)C1. The first kappa shape index (κ1) is 16.7. The normalized spacial score (nSPS) is 16.8. The van der Waals surface area contributed by atoms with E-state index in [1.165, 1.54) is 0 Å². The average Bonchev–Trinajstić information content (AvgIpc) is 3.32. The van der Waals surface area contributed by atoms with Crippen LogP contribution in [-0.2, 0) is 0 Å². The minimum atomic E-state index is -0.278. The molecule has 4 rings (SSSR count). The topological polar surface area (TPSA) is 78.1 Å². The lowest BCUT2D eigenvalue weighted by atomic mass is 9.96. The lowest BCUT2D eigenvalue weighted by molar-refractivity contribution is 0.0915. The molecule has 0 spiro atoms. The van der Waals surface area contributed by atoms with Crippen molar-refractivity contribution in [2.75, 3.05) is 23.7 Å². The fourth-order valence-corrected chi connectivity index (χ4v) is 4.38. The van der Waals surface area contributed by atoms with E-state index in [1.807, 2.05) is 36.4 Å². The predicted octanol–water partition coefficient (Wildman–Crippen LogP) is 2.89. The van der Waals surface area contributed by atoms with E-state index in [4.69, 9.17) is 0 Å². The van der Waals surface area contributed by atoms with Gasteiger partial charge in [-0.05, 0) is 30.1 Å². The summed E-state index contributed by atoms with van der Waals surface area (Å²) in [6.07, 6.45) is 3.52. The van der Waals surface area contributed by atoms with Gasteiger partial charge in [0.2, 0.25) is 0 Å². The van der Waals surface area contributed by atoms with Crippen molar-refractivity contribution in [3.8, 4) is 0 Å². The number of rotatable bonds is 4. The van der Waals surface area contributed by atoms with Gasteiger partial charge >= 0.3 is 0 Å². The molecular formula is C19H18N4O2S. The molecule has 2 N–H and O–H groups in total. The molecule has 1 saturated heterocycles. The third-order valence-corrected chi connectivity index (χ3v) is 5.75. The number of nitrogens with one attached hydrogen (secondary N) is 2. The molecule has 1 aliphatic rings. The van der Waals surface area contributed by atoms with Crippen LogP contribution in [0.1, 0.15) is 20.8 Å². The highest BCUT2D eigenvalue weighted by Crippen LogP contribution is 2.34. The Kier molecular flexibility index (Phi) is 4.38. The summed E-state index contributed by atoms with van der Waals surface area (Å²) in [4.78, 5) is 32.8. The molecule has 0 aliphatic carbocycles. The van der Waals surface area contributed by atoms with Gasteiger partial charge in [-0.3, -0.25) is 14.6 Å². The van der Waals surface area contributed by atoms with Crippen molar-refractivity contribution in [1.29, 1.82) is 0 Å². The number of para-hydroxylation sites is 1. The Balaban J connectivity index is 1.67. The minimum Gasteiger partial charge on any atom is -0.354 e. The first-order chi connectivity index (χ1) is 12.7. The Hall–Kier alpha value is -2.80. The zero-order valence-electron chi connectivity index (χ0n) is 14.2. The molecule has 1 atom stereocenters. The number of benzene rings is 1. The summed E-state index contributed by atoms with van der Waals surface area (Å²) in [6.45, 7) is 0.599. The summed E-state index contributed by atoms with van der Waals surface area (Å²) in [6, 6.07) is 11.4. The van der Waals surface area contributed by atoms with Crippen LogP contribution in [0.25, 0.3) is 10.9 Å². The van der Waals surface area contributed by atoms with Crippen molar-refractivity contribution in [3.05, 3.63) is 60.0 Å². The van der Waals surface area contributed by atoms with Crippen molar-refractivity contribution in [1.82, 2.24) is 15.3 Å². The number of H-pyrrole nitrogens is 1. The number of aromatic nitrogens is 2. The number of ketones is 1. The Morgan fingerprint density at radius 3 is 2.88 bits per heavy atom. The van der Waals surface area contributed by atoms with Gasteiger partial charge in [0.1, 0.15) is 5.69 Å². The highest BCUT2D eigenvalue weighted by atomic mass is 32.2. The van der Waals surface area contributed by atoms with Crippen LogP contribution in [0.3, 0.4) is 0 Å². The number of fused-ring (bicyclic) bond motifs is 1. The van der Waals surface area contributed by atoms with Crippen LogP contribution in [0.2, 0.25) is 0 Å². The summed E-state index contributed by atoms with van der Waals surface area (Å²) in [5.74, 6) is 0.225. The highest BCUT2D eigenvalue weighted by Gasteiger charge is 2.34. The van der Waals surface area contributed by atoms with E-state index in [1.54, 1.807) is 31.4 Å². The molecule has 132 valence electrons. The van der Waals surface area contributed by atoms with E-state index in [2.05, 4.69) is 19.6 Å². The van der Waals surface area contributed by atoms with Gasteiger partial charge in [-0.25, -0.2) is 0 Å². The van der Waals surface area contributed by atoms with E-state index in [9.17, 15) is 9.59 Å². The smallest absolute Gasteiger partial charge is 0.268 e. The van der Waals surface area contributed by atoms with Crippen molar-refractivity contribution in [3.63, 3.8) is 0 Å². The molecule has 6 nitrogen and oxygen atoms in total. The van der Waals surface area contributed by atoms with E-state index in [0.717, 1.165) is 16.6 Å². The van der Waals surface area contributed by atoms with Crippen LogP contribution in [0.5, 0.6) is 0 Å². The molecular weight excluding hydrogens is 348 g/mol. The van der Waals surface area contributed by atoms with Crippen LogP contribution < -0.4 is 9.62 Å². The van der Waals surface area contributed by atoms with E-state index < -0.39 is 0 Å².